The Morgan fingerprint density at radius 3 is 1.85 bits per heavy atom. The maximum Gasteiger partial charge on any atom is 0.143 e. The fourth-order valence-electron chi connectivity index (χ4n) is 8.26. The van der Waals surface area contributed by atoms with Crippen LogP contribution >= 0.6 is 0 Å². The van der Waals surface area contributed by atoms with Crippen LogP contribution < -0.4 is 10.4 Å². The zero-order chi connectivity index (χ0) is 36.2. The molecule has 9 aromatic rings. The molecule has 256 valence electrons. The van der Waals surface area contributed by atoms with E-state index in [0.717, 1.165) is 122 Å². The van der Waals surface area contributed by atoms with Gasteiger partial charge in [-0.1, -0.05) is 159 Å². The lowest BCUT2D eigenvalue weighted by molar-refractivity contribution is 0.667. The SMILES string of the molecule is C=C(C1=c2cccc/c2=C(c2cc3c(ccc4c5ccccc5oc43)c3c2oc2ccccc23)/C=C/CCC=C1)c1ccccc1C(=C)c1ccccc1. The van der Waals surface area contributed by atoms with Crippen LogP contribution in [0.3, 0.4) is 0 Å². The van der Waals surface area contributed by atoms with Crippen LogP contribution in [0.5, 0.6) is 0 Å². The molecule has 0 amide bonds. The normalized spacial score (nSPS) is 14.9. The molecule has 0 radical (unpaired) electrons. The molecule has 0 atom stereocenters. The number of furan rings is 2. The summed E-state index contributed by atoms with van der Waals surface area (Å²) in [5.74, 6) is 0. The first-order valence-corrected chi connectivity index (χ1v) is 18.5. The molecule has 1 aliphatic carbocycles. The third kappa shape index (κ3) is 5.10. The van der Waals surface area contributed by atoms with Gasteiger partial charge in [0.05, 0.1) is 0 Å². The molecular weight excluding hydrogens is 657 g/mol. The van der Waals surface area contributed by atoms with Crippen molar-refractivity contribution < 1.29 is 8.83 Å². The van der Waals surface area contributed by atoms with Gasteiger partial charge in [-0.15, -0.1) is 0 Å². The van der Waals surface area contributed by atoms with Crippen molar-refractivity contribution in [2.24, 2.45) is 0 Å². The fourth-order valence-corrected chi connectivity index (χ4v) is 8.26. The standard InChI is InChI=1S/C52H36O2/c1-33(35-18-6-5-7-19-35)36-21-10-11-22-37(36)34(2)38-20-8-3-4-9-23-41(40-25-13-12-24-39(38)40)46-32-47-43(50-45-27-15-17-29-49(45)54-52(46)50)30-31-44-42-26-14-16-28-48(42)53-51(44)47/h5-32H,1-4H2/b20-8?,23-9+,39-38?,41-40+. The van der Waals surface area contributed by atoms with Crippen LogP contribution in [-0.4, -0.2) is 0 Å². The van der Waals surface area contributed by atoms with Crippen LogP contribution in [-0.2, 0) is 0 Å². The molecule has 2 nitrogen and oxygen atoms in total. The summed E-state index contributed by atoms with van der Waals surface area (Å²) >= 11 is 0. The molecule has 0 unspecified atom stereocenters. The van der Waals surface area contributed by atoms with Gasteiger partial charge < -0.3 is 8.83 Å². The van der Waals surface area contributed by atoms with Gasteiger partial charge in [0.1, 0.15) is 22.3 Å². The van der Waals surface area contributed by atoms with Crippen molar-refractivity contribution in [3.63, 3.8) is 0 Å². The lowest BCUT2D eigenvalue weighted by Crippen LogP contribution is -2.29. The minimum Gasteiger partial charge on any atom is -0.455 e. The second-order valence-corrected chi connectivity index (χ2v) is 14.0. The molecule has 0 aliphatic heterocycles. The van der Waals surface area contributed by atoms with E-state index in [-0.39, 0.29) is 0 Å². The van der Waals surface area contributed by atoms with E-state index in [4.69, 9.17) is 15.4 Å². The third-order valence-corrected chi connectivity index (χ3v) is 10.9. The van der Waals surface area contributed by atoms with Crippen molar-refractivity contribution in [2.45, 2.75) is 12.8 Å². The van der Waals surface area contributed by atoms with Crippen molar-refractivity contribution in [2.75, 3.05) is 0 Å². The molecule has 0 bridgehead atoms. The summed E-state index contributed by atoms with van der Waals surface area (Å²) in [6, 6.07) is 50.9. The van der Waals surface area contributed by atoms with E-state index in [9.17, 15) is 0 Å². The molecule has 0 fully saturated rings. The highest BCUT2D eigenvalue weighted by Crippen LogP contribution is 2.43. The van der Waals surface area contributed by atoms with Crippen molar-refractivity contribution in [1.82, 2.24) is 0 Å². The van der Waals surface area contributed by atoms with E-state index in [1.165, 1.54) is 0 Å². The van der Waals surface area contributed by atoms with E-state index in [2.05, 4.69) is 152 Å². The summed E-state index contributed by atoms with van der Waals surface area (Å²) in [6.45, 7) is 9.34. The molecule has 1 aliphatic rings. The average Bonchev–Trinajstić information content (AvgIpc) is 3.81. The largest absolute Gasteiger partial charge is 0.455 e. The van der Waals surface area contributed by atoms with E-state index >= 15 is 0 Å². The number of hydrogen-bond donors (Lipinski definition) is 0. The van der Waals surface area contributed by atoms with Crippen LogP contribution in [0.25, 0.3) is 76.9 Å². The number of allylic oxidation sites excluding steroid dienone is 5. The van der Waals surface area contributed by atoms with Gasteiger partial charge in [-0.05, 0) is 91.9 Å². The van der Waals surface area contributed by atoms with Gasteiger partial charge in [0.2, 0.25) is 0 Å². The minimum absolute atomic E-state index is 0.863. The summed E-state index contributed by atoms with van der Waals surface area (Å²) in [6.07, 6.45) is 10.9. The highest BCUT2D eigenvalue weighted by molar-refractivity contribution is 6.27. The Labute approximate surface area is 313 Å². The predicted octanol–water partition coefficient (Wildman–Crippen LogP) is 12.7. The monoisotopic (exact) mass is 692 g/mol. The average molecular weight is 693 g/mol. The predicted molar refractivity (Wildman–Crippen MR) is 228 cm³/mol. The quantitative estimate of drug-likeness (QED) is 0.179. The van der Waals surface area contributed by atoms with Crippen LogP contribution in [0, 0.1) is 0 Å². The number of rotatable bonds is 5. The molecule has 0 spiro atoms. The van der Waals surface area contributed by atoms with Crippen molar-refractivity contribution in [3.8, 4) is 0 Å². The van der Waals surface area contributed by atoms with E-state index in [1.807, 2.05) is 24.3 Å². The minimum atomic E-state index is 0.863. The number of para-hydroxylation sites is 2. The maximum atomic E-state index is 6.85. The van der Waals surface area contributed by atoms with Crippen LogP contribution in [0.1, 0.15) is 35.1 Å². The summed E-state index contributed by atoms with van der Waals surface area (Å²) in [7, 11) is 0. The number of hydrogen-bond acceptors (Lipinski definition) is 2. The van der Waals surface area contributed by atoms with E-state index in [1.54, 1.807) is 0 Å². The van der Waals surface area contributed by atoms with Crippen molar-refractivity contribution in [1.29, 1.82) is 0 Å². The molecule has 2 aromatic heterocycles. The van der Waals surface area contributed by atoms with Gasteiger partial charge in [0, 0.05) is 32.5 Å². The van der Waals surface area contributed by atoms with Crippen LogP contribution in [0.4, 0.5) is 0 Å². The highest BCUT2D eigenvalue weighted by atomic mass is 16.3. The molecule has 7 aromatic carbocycles. The Hall–Kier alpha value is -6.90. The molecule has 0 saturated heterocycles. The highest BCUT2D eigenvalue weighted by Gasteiger charge is 2.21. The molecule has 10 rings (SSSR count). The first kappa shape index (κ1) is 31.8. The summed E-state index contributed by atoms with van der Waals surface area (Å²) in [5, 5.41) is 8.79. The number of benzene rings is 7. The van der Waals surface area contributed by atoms with Crippen molar-refractivity contribution in [3.05, 3.63) is 216 Å². The molecule has 0 N–H and O–H groups in total. The number of fused-ring (bicyclic) bond motifs is 10. The van der Waals surface area contributed by atoms with Crippen molar-refractivity contribution >= 4 is 76.9 Å². The lowest BCUT2D eigenvalue weighted by atomic mass is 9.87. The Morgan fingerprint density at radius 2 is 1.06 bits per heavy atom. The van der Waals surface area contributed by atoms with E-state index < -0.39 is 0 Å². The second kappa shape index (κ2) is 12.9. The molecule has 2 heterocycles. The Bertz CT molecular complexity index is 3180. The lowest BCUT2D eigenvalue weighted by Gasteiger charge is -2.17. The van der Waals surface area contributed by atoms with E-state index in [0.29, 0.717) is 0 Å². The molecule has 0 saturated carbocycles. The van der Waals surface area contributed by atoms with Gasteiger partial charge >= 0.3 is 0 Å². The topological polar surface area (TPSA) is 26.3 Å². The zero-order valence-corrected chi connectivity index (χ0v) is 29.8. The Balaban J connectivity index is 1.31. The van der Waals surface area contributed by atoms with Crippen LogP contribution in [0.15, 0.2) is 192 Å². The third-order valence-electron chi connectivity index (χ3n) is 10.9. The first-order valence-electron chi connectivity index (χ1n) is 18.5. The van der Waals surface area contributed by atoms with Gasteiger partial charge in [0.25, 0.3) is 0 Å². The summed E-state index contributed by atoms with van der Waals surface area (Å²) in [4.78, 5) is 0. The van der Waals surface area contributed by atoms with Gasteiger partial charge in [-0.3, -0.25) is 0 Å². The zero-order valence-electron chi connectivity index (χ0n) is 29.8. The Morgan fingerprint density at radius 1 is 0.463 bits per heavy atom. The summed E-state index contributed by atoms with van der Waals surface area (Å²) < 4.78 is 13.5. The molecular formula is C52H36O2. The van der Waals surface area contributed by atoms with Gasteiger partial charge in [-0.2, -0.15) is 0 Å². The van der Waals surface area contributed by atoms with Crippen LogP contribution in [0.2, 0.25) is 0 Å². The first-order chi connectivity index (χ1) is 26.7. The van der Waals surface area contributed by atoms with Gasteiger partial charge in [0.15, 0.2) is 0 Å². The second-order valence-electron chi connectivity index (χ2n) is 14.0. The fraction of sp³-hybridized carbons (Fsp3) is 0.0385. The Kier molecular flexibility index (Phi) is 7.63. The van der Waals surface area contributed by atoms with Gasteiger partial charge in [-0.25, -0.2) is 0 Å². The molecule has 2 heteroatoms. The summed E-state index contributed by atoms with van der Waals surface area (Å²) in [5.41, 5.74) is 11.8. The smallest absolute Gasteiger partial charge is 0.143 e. The molecule has 54 heavy (non-hydrogen) atoms. The maximum absolute atomic E-state index is 6.85.